The number of Topliss-reactive ketones (excluding diaryl/α,β-unsaturated/α-hetero) is 1. The molecule has 0 radical (unpaired) electrons. The molecule has 0 aliphatic carbocycles. The van der Waals surface area contributed by atoms with Gasteiger partial charge in [0.1, 0.15) is 16.5 Å². The van der Waals surface area contributed by atoms with Gasteiger partial charge in [0, 0.05) is 60.8 Å². The van der Waals surface area contributed by atoms with E-state index in [1.165, 1.54) is 17.7 Å². The normalized spacial score (nSPS) is 18.0. The van der Waals surface area contributed by atoms with Gasteiger partial charge in [-0.05, 0) is 57.9 Å². The summed E-state index contributed by atoms with van der Waals surface area (Å²) in [6.45, 7) is 12.4. The van der Waals surface area contributed by atoms with E-state index in [2.05, 4.69) is 37.7 Å². The molecule has 3 aromatic rings. The highest BCUT2D eigenvalue weighted by Gasteiger charge is 2.25. The van der Waals surface area contributed by atoms with Gasteiger partial charge in [-0.25, -0.2) is 15.0 Å². The minimum absolute atomic E-state index is 0.0912. The van der Waals surface area contributed by atoms with Crippen molar-refractivity contribution in [2.24, 2.45) is 0 Å². The highest BCUT2D eigenvalue weighted by atomic mass is 35.5. The van der Waals surface area contributed by atoms with E-state index in [1.54, 1.807) is 23.7 Å². The Balaban J connectivity index is 1.23. The maximum Gasteiger partial charge on any atom is 0.307 e. The van der Waals surface area contributed by atoms with Gasteiger partial charge in [0.25, 0.3) is 0 Å². The lowest BCUT2D eigenvalue weighted by Gasteiger charge is -2.35. The number of piperazine rings is 1. The standard InChI is InChI=1S/C31H39ClN6O3S/c1-4-41-30(40)9-11-36-12-14-37(15-13-36)28-19-33-25(18-34-28)26(39)17-29-35-31(23-7-8-24(32)21(2)16-23)27(42-29)20-38-10-5-6-22(38)3/h7-8,16,18-19,22H,4-6,9-15,17,20H2,1-3H3/t22-/m1/s1. The number of aromatic nitrogens is 3. The number of aryl methyl sites for hydroxylation is 1. The monoisotopic (exact) mass is 610 g/mol. The zero-order valence-corrected chi connectivity index (χ0v) is 26.2. The Kier molecular flexibility index (Phi) is 10.2. The molecule has 1 atom stereocenters. The number of nitrogens with zero attached hydrogens (tertiary/aromatic N) is 6. The van der Waals surface area contributed by atoms with Crippen LogP contribution in [0.2, 0.25) is 5.02 Å². The fraction of sp³-hybridized carbons (Fsp3) is 0.516. The van der Waals surface area contributed by atoms with Crippen LogP contribution in [0.5, 0.6) is 0 Å². The van der Waals surface area contributed by atoms with Gasteiger partial charge < -0.3 is 9.64 Å². The number of ketones is 1. The maximum atomic E-state index is 13.2. The van der Waals surface area contributed by atoms with E-state index in [9.17, 15) is 9.59 Å². The number of hydrogen-bond acceptors (Lipinski definition) is 10. The molecule has 2 aliphatic rings. The van der Waals surface area contributed by atoms with Gasteiger partial charge in [-0.2, -0.15) is 0 Å². The Morgan fingerprint density at radius 3 is 2.60 bits per heavy atom. The molecule has 2 saturated heterocycles. The second-order valence-corrected chi connectivity index (χ2v) is 12.6. The highest BCUT2D eigenvalue weighted by Crippen LogP contribution is 2.33. The Morgan fingerprint density at radius 2 is 1.93 bits per heavy atom. The third kappa shape index (κ3) is 7.53. The molecule has 224 valence electrons. The number of likely N-dealkylation sites (tertiary alicyclic amines) is 1. The zero-order chi connectivity index (χ0) is 29.6. The summed E-state index contributed by atoms with van der Waals surface area (Å²) in [4.78, 5) is 47.0. The Morgan fingerprint density at radius 1 is 1.12 bits per heavy atom. The third-order valence-corrected chi connectivity index (χ3v) is 9.54. The third-order valence-electron chi connectivity index (χ3n) is 8.08. The molecule has 4 heterocycles. The minimum atomic E-state index is -0.155. The lowest BCUT2D eigenvalue weighted by molar-refractivity contribution is -0.143. The first kappa shape index (κ1) is 30.5. The number of rotatable bonds is 11. The average Bonchev–Trinajstić information content (AvgIpc) is 3.59. The predicted octanol–water partition coefficient (Wildman–Crippen LogP) is 5.05. The molecule has 5 rings (SSSR count). The summed E-state index contributed by atoms with van der Waals surface area (Å²) >= 11 is 7.92. The van der Waals surface area contributed by atoms with Crippen LogP contribution in [0.25, 0.3) is 11.3 Å². The lowest BCUT2D eigenvalue weighted by Crippen LogP contribution is -2.47. The molecule has 0 unspecified atom stereocenters. The molecule has 0 saturated carbocycles. The van der Waals surface area contributed by atoms with Crippen LogP contribution < -0.4 is 4.90 Å². The number of carbonyl (C=O) groups is 2. The van der Waals surface area contributed by atoms with Crippen LogP contribution in [0.1, 0.15) is 59.0 Å². The molecule has 2 aliphatic heterocycles. The van der Waals surface area contributed by atoms with Crippen molar-refractivity contribution in [3.05, 3.63) is 56.8 Å². The summed E-state index contributed by atoms with van der Waals surface area (Å²) in [7, 11) is 0. The molecule has 0 N–H and O–H groups in total. The van der Waals surface area contributed by atoms with Gasteiger partial charge in [0.15, 0.2) is 5.78 Å². The SMILES string of the molecule is CCOC(=O)CCN1CCN(c2cnc(C(=O)Cc3nc(-c4ccc(Cl)c(C)c4)c(CN4CCC[C@H]4C)s3)cn2)CC1. The van der Waals surface area contributed by atoms with Crippen molar-refractivity contribution in [3.63, 3.8) is 0 Å². The summed E-state index contributed by atoms with van der Waals surface area (Å²) in [5, 5.41) is 1.52. The summed E-state index contributed by atoms with van der Waals surface area (Å²) in [5.41, 5.74) is 3.32. The van der Waals surface area contributed by atoms with Crippen molar-refractivity contribution in [2.45, 2.75) is 59.0 Å². The van der Waals surface area contributed by atoms with Crippen molar-refractivity contribution in [1.82, 2.24) is 24.8 Å². The molecule has 1 aromatic carbocycles. The number of ether oxygens (including phenoxy) is 1. The van der Waals surface area contributed by atoms with Gasteiger partial charge in [-0.3, -0.25) is 19.4 Å². The Hall–Kier alpha value is -2.92. The zero-order valence-electron chi connectivity index (χ0n) is 24.6. The summed E-state index contributed by atoms with van der Waals surface area (Å²) in [6, 6.07) is 6.54. The number of carbonyl (C=O) groups excluding carboxylic acids is 2. The molecule has 0 spiro atoms. The van der Waals surface area contributed by atoms with E-state index in [-0.39, 0.29) is 18.2 Å². The lowest BCUT2D eigenvalue weighted by atomic mass is 10.1. The molecular formula is C31H39ClN6O3S. The quantitative estimate of drug-likeness (QED) is 0.218. The first-order chi connectivity index (χ1) is 20.3. The molecule has 2 fully saturated rings. The first-order valence-electron chi connectivity index (χ1n) is 14.8. The van der Waals surface area contributed by atoms with E-state index in [0.29, 0.717) is 31.3 Å². The van der Waals surface area contributed by atoms with Crippen LogP contribution in [0.15, 0.2) is 30.6 Å². The number of benzene rings is 1. The number of anilines is 1. The maximum absolute atomic E-state index is 13.2. The minimum Gasteiger partial charge on any atom is -0.466 e. The van der Waals surface area contributed by atoms with Gasteiger partial charge in [0.2, 0.25) is 0 Å². The second kappa shape index (κ2) is 14.0. The fourth-order valence-corrected chi connectivity index (χ4v) is 6.79. The summed E-state index contributed by atoms with van der Waals surface area (Å²) in [5.74, 6) is 0.511. The van der Waals surface area contributed by atoms with Crippen LogP contribution in [-0.4, -0.2) is 88.4 Å². The van der Waals surface area contributed by atoms with Crippen molar-refractivity contribution in [3.8, 4) is 11.3 Å². The van der Waals surface area contributed by atoms with Gasteiger partial charge >= 0.3 is 5.97 Å². The van der Waals surface area contributed by atoms with Crippen molar-refractivity contribution in [2.75, 3.05) is 50.8 Å². The smallest absolute Gasteiger partial charge is 0.307 e. The highest BCUT2D eigenvalue weighted by molar-refractivity contribution is 7.12. The molecule has 0 bridgehead atoms. The number of halogens is 1. The number of hydrogen-bond donors (Lipinski definition) is 0. The molecule has 0 amide bonds. The average molecular weight is 611 g/mol. The van der Waals surface area contributed by atoms with Gasteiger partial charge in [-0.15, -0.1) is 11.3 Å². The Bertz CT molecular complexity index is 1390. The van der Waals surface area contributed by atoms with Crippen molar-refractivity contribution < 1.29 is 14.3 Å². The largest absolute Gasteiger partial charge is 0.466 e. The molecule has 11 heteroatoms. The van der Waals surface area contributed by atoms with Crippen LogP contribution in [0.4, 0.5) is 5.82 Å². The summed E-state index contributed by atoms with van der Waals surface area (Å²) < 4.78 is 5.03. The van der Waals surface area contributed by atoms with Crippen LogP contribution >= 0.6 is 22.9 Å². The molecule has 9 nitrogen and oxygen atoms in total. The predicted molar refractivity (Wildman–Crippen MR) is 166 cm³/mol. The van der Waals surface area contributed by atoms with E-state index in [1.807, 2.05) is 26.0 Å². The second-order valence-electron chi connectivity index (χ2n) is 11.0. The topological polar surface area (TPSA) is 91.8 Å². The molecular weight excluding hydrogens is 572 g/mol. The van der Waals surface area contributed by atoms with Crippen LogP contribution in [-0.2, 0) is 22.5 Å². The van der Waals surface area contributed by atoms with Crippen LogP contribution in [0.3, 0.4) is 0 Å². The first-order valence-corrected chi connectivity index (χ1v) is 16.0. The van der Waals surface area contributed by atoms with E-state index in [4.69, 9.17) is 21.3 Å². The van der Waals surface area contributed by atoms with Gasteiger partial charge in [-0.1, -0.05) is 17.7 Å². The number of esters is 1. The number of thiazole rings is 1. The van der Waals surface area contributed by atoms with E-state index < -0.39 is 0 Å². The van der Waals surface area contributed by atoms with E-state index >= 15 is 0 Å². The molecule has 2 aromatic heterocycles. The van der Waals surface area contributed by atoms with Crippen LogP contribution in [0, 0.1) is 6.92 Å². The van der Waals surface area contributed by atoms with Crippen molar-refractivity contribution >= 4 is 40.5 Å². The summed E-state index contributed by atoms with van der Waals surface area (Å²) in [6.07, 6.45) is 6.27. The fourth-order valence-electron chi connectivity index (χ4n) is 5.55. The van der Waals surface area contributed by atoms with E-state index in [0.717, 1.165) is 71.9 Å². The molecule has 42 heavy (non-hydrogen) atoms. The van der Waals surface area contributed by atoms with Gasteiger partial charge in [0.05, 0.1) is 37.5 Å². The Labute approximate surface area is 256 Å². The van der Waals surface area contributed by atoms with Crippen molar-refractivity contribution in [1.29, 1.82) is 0 Å².